The van der Waals surface area contributed by atoms with Gasteiger partial charge in [0, 0.05) is 38.9 Å². The van der Waals surface area contributed by atoms with Gasteiger partial charge in [-0.1, -0.05) is 18.2 Å². The van der Waals surface area contributed by atoms with Crippen LogP contribution in [0.15, 0.2) is 36.5 Å². The second-order valence-electron chi connectivity index (χ2n) is 6.63. The molecule has 0 saturated carbocycles. The maximum Gasteiger partial charge on any atom is 0.146 e. The molecule has 0 spiro atoms. The van der Waals surface area contributed by atoms with Crippen molar-refractivity contribution in [2.24, 2.45) is 0 Å². The van der Waals surface area contributed by atoms with E-state index in [0.717, 1.165) is 37.6 Å². The first-order chi connectivity index (χ1) is 12.1. The summed E-state index contributed by atoms with van der Waals surface area (Å²) in [6, 6.07) is 12.0. The molecule has 1 aromatic heterocycles. The summed E-state index contributed by atoms with van der Waals surface area (Å²) in [5, 5.41) is 19.8. The first-order valence-corrected chi connectivity index (χ1v) is 8.66. The average molecular weight is 336 g/mol. The van der Waals surface area contributed by atoms with Crippen LogP contribution in [0.4, 0.5) is 5.82 Å². The van der Waals surface area contributed by atoms with E-state index in [2.05, 4.69) is 46.8 Å². The van der Waals surface area contributed by atoms with E-state index in [-0.39, 0.29) is 0 Å². The van der Waals surface area contributed by atoms with Gasteiger partial charge in [0.15, 0.2) is 0 Å². The number of β-amino-alcohol motifs (C(OH)–C–C–N with tert-alkyl or cyclic N) is 1. The van der Waals surface area contributed by atoms with Crippen molar-refractivity contribution < 1.29 is 5.11 Å². The lowest BCUT2D eigenvalue weighted by atomic mass is 10.0. The smallest absolute Gasteiger partial charge is 0.146 e. The van der Waals surface area contributed by atoms with Crippen LogP contribution < -0.4 is 4.90 Å². The second kappa shape index (κ2) is 7.64. The molecular formula is C20H24N4O. The summed E-state index contributed by atoms with van der Waals surface area (Å²) in [7, 11) is 0. The topological polar surface area (TPSA) is 63.4 Å². The van der Waals surface area contributed by atoms with Crippen LogP contribution in [0.25, 0.3) is 0 Å². The van der Waals surface area contributed by atoms with Gasteiger partial charge in [-0.15, -0.1) is 0 Å². The number of pyridine rings is 1. The van der Waals surface area contributed by atoms with E-state index >= 15 is 0 Å². The zero-order valence-electron chi connectivity index (χ0n) is 14.8. The quantitative estimate of drug-likeness (QED) is 0.929. The predicted molar refractivity (Wildman–Crippen MR) is 98.5 cm³/mol. The lowest BCUT2D eigenvalue weighted by Gasteiger charge is -2.36. The lowest BCUT2D eigenvalue weighted by Crippen LogP contribution is -2.48. The van der Waals surface area contributed by atoms with Crippen LogP contribution in [-0.2, 0) is 0 Å². The molecule has 0 radical (unpaired) electrons. The van der Waals surface area contributed by atoms with E-state index in [9.17, 15) is 10.4 Å². The van der Waals surface area contributed by atoms with Crippen molar-refractivity contribution in [2.75, 3.05) is 37.6 Å². The van der Waals surface area contributed by atoms with Crippen LogP contribution in [0.2, 0.25) is 0 Å². The van der Waals surface area contributed by atoms with E-state index in [1.807, 2.05) is 6.07 Å². The number of anilines is 1. The maximum atomic E-state index is 10.5. The highest BCUT2D eigenvalue weighted by Crippen LogP contribution is 2.21. The number of piperazine rings is 1. The number of hydrogen-bond donors (Lipinski definition) is 1. The van der Waals surface area contributed by atoms with Gasteiger partial charge >= 0.3 is 0 Å². The summed E-state index contributed by atoms with van der Waals surface area (Å²) in [6.07, 6.45) is 1.25. The molecule has 1 N–H and O–H groups in total. The molecule has 0 unspecified atom stereocenters. The Hall–Kier alpha value is -2.42. The zero-order chi connectivity index (χ0) is 17.8. The van der Waals surface area contributed by atoms with Gasteiger partial charge in [0.1, 0.15) is 11.9 Å². The number of aromatic nitrogens is 1. The summed E-state index contributed by atoms with van der Waals surface area (Å²) < 4.78 is 0. The number of nitriles is 1. The summed E-state index contributed by atoms with van der Waals surface area (Å²) in [5.41, 5.74) is 4.04. The highest BCUT2D eigenvalue weighted by atomic mass is 16.3. The van der Waals surface area contributed by atoms with Crippen LogP contribution >= 0.6 is 0 Å². The first kappa shape index (κ1) is 17.4. The minimum Gasteiger partial charge on any atom is -0.387 e. The third-order valence-electron chi connectivity index (χ3n) is 4.93. The predicted octanol–water partition coefficient (Wildman–Crippen LogP) is 2.43. The summed E-state index contributed by atoms with van der Waals surface area (Å²) in [6.45, 7) is 8.11. The van der Waals surface area contributed by atoms with Gasteiger partial charge in [0.05, 0.1) is 11.7 Å². The number of hydrogen-bond acceptors (Lipinski definition) is 5. The van der Waals surface area contributed by atoms with Gasteiger partial charge in [-0.25, -0.2) is 4.98 Å². The molecule has 2 heterocycles. The molecule has 0 amide bonds. The highest BCUT2D eigenvalue weighted by Gasteiger charge is 2.22. The van der Waals surface area contributed by atoms with E-state index in [4.69, 9.17) is 0 Å². The molecule has 5 nitrogen and oxygen atoms in total. The van der Waals surface area contributed by atoms with Gasteiger partial charge < -0.3 is 10.0 Å². The molecular weight excluding hydrogens is 312 g/mol. The summed E-state index contributed by atoms with van der Waals surface area (Å²) in [5.74, 6) is 0.763. The Labute approximate surface area is 149 Å². The Morgan fingerprint density at radius 1 is 1.16 bits per heavy atom. The van der Waals surface area contributed by atoms with Gasteiger partial charge in [-0.05, 0) is 42.7 Å². The van der Waals surface area contributed by atoms with Gasteiger partial charge in [0.25, 0.3) is 0 Å². The van der Waals surface area contributed by atoms with Crippen LogP contribution in [0, 0.1) is 25.2 Å². The molecule has 0 bridgehead atoms. The number of benzene rings is 1. The Morgan fingerprint density at radius 2 is 1.92 bits per heavy atom. The zero-order valence-corrected chi connectivity index (χ0v) is 14.8. The number of aliphatic hydroxyl groups excluding tert-OH is 1. The minimum absolute atomic E-state index is 0.477. The molecule has 1 aliphatic rings. The molecule has 1 saturated heterocycles. The maximum absolute atomic E-state index is 10.5. The van der Waals surface area contributed by atoms with Crippen molar-refractivity contribution in [3.8, 4) is 6.07 Å². The Bertz CT molecular complexity index is 776. The number of aliphatic hydroxyl groups is 1. The fourth-order valence-corrected chi connectivity index (χ4v) is 3.20. The summed E-state index contributed by atoms with van der Waals surface area (Å²) >= 11 is 0. The van der Waals surface area contributed by atoms with Crippen LogP contribution in [0.1, 0.15) is 28.4 Å². The van der Waals surface area contributed by atoms with Gasteiger partial charge in [0.2, 0.25) is 0 Å². The van der Waals surface area contributed by atoms with E-state index in [0.29, 0.717) is 12.1 Å². The molecule has 1 aromatic carbocycles. The highest BCUT2D eigenvalue weighted by molar-refractivity contribution is 5.53. The van der Waals surface area contributed by atoms with Crippen LogP contribution in [0.5, 0.6) is 0 Å². The molecule has 1 aliphatic heterocycles. The minimum atomic E-state index is -0.477. The standard InChI is InChI=1S/C20H24N4O/c1-15-5-6-17(12-16(15)2)19(25)14-23-8-10-24(11-9-23)20-18(13-21)4-3-7-22-20/h3-7,12,19,25H,8-11,14H2,1-2H3/t19-/m0/s1. The van der Waals surface area contributed by atoms with E-state index in [1.54, 1.807) is 18.3 Å². The number of aryl methyl sites for hydroxylation is 2. The van der Waals surface area contributed by atoms with Crippen molar-refractivity contribution in [3.63, 3.8) is 0 Å². The van der Waals surface area contributed by atoms with Crippen molar-refractivity contribution in [1.82, 2.24) is 9.88 Å². The molecule has 0 aliphatic carbocycles. The van der Waals surface area contributed by atoms with E-state index < -0.39 is 6.10 Å². The molecule has 25 heavy (non-hydrogen) atoms. The van der Waals surface area contributed by atoms with Crippen LogP contribution in [-0.4, -0.2) is 47.7 Å². The Balaban J connectivity index is 1.59. The fraction of sp³-hybridized carbons (Fsp3) is 0.400. The number of nitrogens with zero attached hydrogens (tertiary/aromatic N) is 4. The first-order valence-electron chi connectivity index (χ1n) is 8.66. The Kier molecular flexibility index (Phi) is 5.32. The van der Waals surface area contributed by atoms with Crippen LogP contribution in [0.3, 0.4) is 0 Å². The Morgan fingerprint density at radius 3 is 2.60 bits per heavy atom. The normalized spacial score (nSPS) is 16.5. The average Bonchev–Trinajstić information content (AvgIpc) is 2.64. The largest absolute Gasteiger partial charge is 0.387 e. The molecule has 130 valence electrons. The van der Waals surface area contributed by atoms with E-state index in [1.165, 1.54) is 11.1 Å². The molecule has 5 heteroatoms. The SMILES string of the molecule is Cc1ccc([C@@H](O)CN2CCN(c3ncccc3C#N)CC2)cc1C. The van der Waals surface area contributed by atoms with Gasteiger partial charge in [-0.2, -0.15) is 5.26 Å². The van der Waals surface area contributed by atoms with Crippen molar-refractivity contribution in [2.45, 2.75) is 20.0 Å². The van der Waals surface area contributed by atoms with Crippen molar-refractivity contribution in [3.05, 3.63) is 58.8 Å². The van der Waals surface area contributed by atoms with Crippen molar-refractivity contribution in [1.29, 1.82) is 5.26 Å². The van der Waals surface area contributed by atoms with Gasteiger partial charge in [-0.3, -0.25) is 4.90 Å². The molecule has 1 fully saturated rings. The monoisotopic (exact) mass is 336 g/mol. The third-order valence-corrected chi connectivity index (χ3v) is 4.93. The molecule has 1 atom stereocenters. The number of rotatable bonds is 4. The fourth-order valence-electron chi connectivity index (χ4n) is 3.20. The third kappa shape index (κ3) is 3.98. The molecule has 2 aromatic rings. The second-order valence-corrected chi connectivity index (χ2v) is 6.63. The lowest BCUT2D eigenvalue weighted by molar-refractivity contribution is 0.109. The summed E-state index contributed by atoms with van der Waals surface area (Å²) in [4.78, 5) is 8.78. The molecule has 3 rings (SSSR count). The van der Waals surface area contributed by atoms with Crippen molar-refractivity contribution >= 4 is 5.82 Å².